The molecular formula is C22H36N4. The van der Waals surface area contributed by atoms with Gasteiger partial charge < -0.3 is 10.6 Å². The van der Waals surface area contributed by atoms with Gasteiger partial charge in [-0.05, 0) is 37.1 Å². The molecule has 0 unspecified atom stereocenters. The highest BCUT2D eigenvalue weighted by atomic mass is 15.1. The van der Waals surface area contributed by atoms with Crippen LogP contribution in [0.15, 0.2) is 49.6 Å². The zero-order chi connectivity index (χ0) is 18.5. The highest BCUT2D eigenvalue weighted by Gasteiger charge is 2.07. The topological polar surface area (TPSA) is 30.5 Å². The van der Waals surface area contributed by atoms with E-state index >= 15 is 0 Å². The summed E-state index contributed by atoms with van der Waals surface area (Å²) in [5, 5.41) is 7.08. The van der Waals surface area contributed by atoms with Crippen molar-refractivity contribution in [3.05, 3.63) is 60.7 Å². The van der Waals surface area contributed by atoms with Crippen molar-refractivity contribution >= 4 is 0 Å². The van der Waals surface area contributed by atoms with E-state index in [1.54, 1.807) is 0 Å². The van der Waals surface area contributed by atoms with E-state index in [0.29, 0.717) is 0 Å². The summed E-state index contributed by atoms with van der Waals surface area (Å²) in [7, 11) is 0. The molecule has 0 atom stereocenters. The van der Waals surface area contributed by atoms with Gasteiger partial charge in [0.15, 0.2) is 0 Å². The summed E-state index contributed by atoms with van der Waals surface area (Å²) in [5.74, 6) is 0. The van der Waals surface area contributed by atoms with Crippen molar-refractivity contribution in [1.82, 2.24) is 20.4 Å². The normalized spacial score (nSPS) is 19.5. The molecule has 0 amide bonds. The van der Waals surface area contributed by atoms with Crippen LogP contribution in [0.5, 0.6) is 0 Å². The van der Waals surface area contributed by atoms with Crippen LogP contribution in [-0.2, 0) is 13.1 Å². The molecule has 1 aromatic rings. The summed E-state index contributed by atoms with van der Waals surface area (Å²) >= 11 is 0. The maximum atomic E-state index is 3.91. The summed E-state index contributed by atoms with van der Waals surface area (Å²) in [6, 6.07) is 9.11. The molecule has 2 aliphatic rings. The van der Waals surface area contributed by atoms with Gasteiger partial charge in [0.2, 0.25) is 0 Å². The third kappa shape index (κ3) is 8.28. The molecule has 0 aliphatic carbocycles. The quantitative estimate of drug-likeness (QED) is 0.812. The molecule has 4 heteroatoms. The molecule has 3 rings (SSSR count). The lowest BCUT2D eigenvalue weighted by Gasteiger charge is -2.23. The van der Waals surface area contributed by atoms with Gasteiger partial charge in [0.1, 0.15) is 0 Å². The van der Waals surface area contributed by atoms with Crippen molar-refractivity contribution in [1.29, 1.82) is 0 Å². The summed E-state index contributed by atoms with van der Waals surface area (Å²) in [4.78, 5) is 4.93. The first kappa shape index (κ1) is 20.8. The standard InChI is InChI=1S/C22H36N4/c1-3-15-25-17-5-11-23-13-14-24-12-6-18-26(16-4-2)20-22-9-7-21(19-25)8-10-22/h3-4,7-10,23-24H,1-2,5-6,11-20H2. The fourth-order valence-electron chi connectivity index (χ4n) is 3.38. The average molecular weight is 357 g/mol. The number of nitrogens with zero attached hydrogens (tertiary/aromatic N) is 2. The first-order chi connectivity index (χ1) is 12.8. The molecule has 2 heterocycles. The molecule has 0 spiro atoms. The lowest BCUT2D eigenvalue weighted by molar-refractivity contribution is 0.285. The Balaban J connectivity index is 2.01. The van der Waals surface area contributed by atoms with E-state index in [4.69, 9.17) is 0 Å². The van der Waals surface area contributed by atoms with Crippen LogP contribution >= 0.6 is 0 Å². The van der Waals surface area contributed by atoms with Crippen LogP contribution in [0.4, 0.5) is 0 Å². The number of hydrogen-bond donors (Lipinski definition) is 2. The maximum absolute atomic E-state index is 3.91. The molecule has 2 N–H and O–H groups in total. The Hall–Kier alpha value is -1.46. The van der Waals surface area contributed by atoms with Gasteiger partial charge >= 0.3 is 0 Å². The summed E-state index contributed by atoms with van der Waals surface area (Å²) in [6.45, 7) is 18.1. The zero-order valence-electron chi connectivity index (χ0n) is 16.3. The average Bonchev–Trinajstić information content (AvgIpc) is 2.64. The summed E-state index contributed by atoms with van der Waals surface area (Å²) < 4.78 is 0. The van der Waals surface area contributed by atoms with Gasteiger partial charge in [-0.3, -0.25) is 9.80 Å². The van der Waals surface area contributed by atoms with Crippen molar-refractivity contribution in [2.24, 2.45) is 0 Å². The lowest BCUT2D eigenvalue weighted by atomic mass is 10.1. The van der Waals surface area contributed by atoms with E-state index in [9.17, 15) is 0 Å². The smallest absolute Gasteiger partial charge is 0.0237 e. The maximum Gasteiger partial charge on any atom is 0.0237 e. The highest BCUT2D eigenvalue weighted by Crippen LogP contribution is 2.11. The van der Waals surface area contributed by atoms with Gasteiger partial charge in [0, 0.05) is 52.4 Å². The lowest BCUT2D eigenvalue weighted by Crippen LogP contribution is -2.32. The van der Waals surface area contributed by atoms with Crippen molar-refractivity contribution in [2.45, 2.75) is 25.9 Å². The van der Waals surface area contributed by atoms with Gasteiger partial charge in [-0.25, -0.2) is 0 Å². The molecular weight excluding hydrogens is 320 g/mol. The Kier molecular flexibility index (Phi) is 10.3. The molecule has 2 bridgehead atoms. The minimum Gasteiger partial charge on any atom is -0.315 e. The van der Waals surface area contributed by atoms with Gasteiger partial charge in [-0.15, -0.1) is 13.2 Å². The Morgan fingerprint density at radius 1 is 0.731 bits per heavy atom. The number of hydrogen-bond acceptors (Lipinski definition) is 4. The number of nitrogens with one attached hydrogen (secondary N) is 2. The summed E-state index contributed by atoms with van der Waals surface area (Å²) in [6.07, 6.45) is 6.35. The predicted molar refractivity (Wildman–Crippen MR) is 112 cm³/mol. The van der Waals surface area contributed by atoms with Crippen LogP contribution < -0.4 is 10.6 Å². The van der Waals surface area contributed by atoms with E-state index < -0.39 is 0 Å². The van der Waals surface area contributed by atoms with Crippen molar-refractivity contribution < 1.29 is 0 Å². The van der Waals surface area contributed by atoms with E-state index in [0.717, 1.165) is 65.4 Å². The molecule has 4 nitrogen and oxygen atoms in total. The second kappa shape index (κ2) is 12.8. The first-order valence-electron chi connectivity index (χ1n) is 9.97. The van der Waals surface area contributed by atoms with Crippen LogP contribution in [0.2, 0.25) is 0 Å². The molecule has 26 heavy (non-hydrogen) atoms. The second-order valence-electron chi connectivity index (χ2n) is 7.07. The fourth-order valence-corrected chi connectivity index (χ4v) is 3.38. The molecule has 0 saturated carbocycles. The van der Waals surface area contributed by atoms with Gasteiger partial charge in [-0.1, -0.05) is 36.4 Å². The monoisotopic (exact) mass is 356 g/mol. The third-order valence-corrected chi connectivity index (χ3v) is 4.74. The minimum absolute atomic E-state index is 0.941. The largest absolute Gasteiger partial charge is 0.315 e. The molecule has 144 valence electrons. The molecule has 0 saturated heterocycles. The zero-order valence-corrected chi connectivity index (χ0v) is 16.3. The van der Waals surface area contributed by atoms with Crippen LogP contribution in [0.1, 0.15) is 24.0 Å². The minimum atomic E-state index is 0.941. The van der Waals surface area contributed by atoms with Gasteiger partial charge in [-0.2, -0.15) is 0 Å². The Labute approximate surface area is 160 Å². The van der Waals surface area contributed by atoms with E-state index in [1.807, 2.05) is 12.2 Å². The number of rotatable bonds is 4. The molecule has 2 aliphatic heterocycles. The third-order valence-electron chi connectivity index (χ3n) is 4.74. The summed E-state index contributed by atoms with van der Waals surface area (Å²) in [5.41, 5.74) is 2.76. The Bertz CT molecular complexity index is 464. The number of benzene rings is 1. The second-order valence-corrected chi connectivity index (χ2v) is 7.07. The molecule has 0 aromatic heterocycles. The van der Waals surface area contributed by atoms with Crippen LogP contribution in [-0.4, -0.2) is 62.2 Å². The van der Waals surface area contributed by atoms with Crippen LogP contribution in [0.25, 0.3) is 0 Å². The number of fused-ring (bicyclic) bond motifs is 15. The first-order valence-corrected chi connectivity index (χ1v) is 9.97. The molecule has 0 radical (unpaired) electrons. The SMILES string of the molecule is C=CCN1CCCNCCNCCCN(CC=C)Cc2ccc(cc2)C1. The van der Waals surface area contributed by atoms with Crippen molar-refractivity contribution in [2.75, 3.05) is 52.4 Å². The fraction of sp³-hybridized carbons (Fsp3) is 0.545. The predicted octanol–water partition coefficient (Wildman–Crippen LogP) is 2.64. The van der Waals surface area contributed by atoms with E-state index in [2.05, 4.69) is 57.9 Å². The van der Waals surface area contributed by atoms with Gasteiger partial charge in [0.25, 0.3) is 0 Å². The van der Waals surface area contributed by atoms with Crippen LogP contribution in [0, 0.1) is 0 Å². The highest BCUT2D eigenvalue weighted by molar-refractivity contribution is 5.22. The van der Waals surface area contributed by atoms with Crippen LogP contribution in [0.3, 0.4) is 0 Å². The van der Waals surface area contributed by atoms with Crippen molar-refractivity contribution in [3.8, 4) is 0 Å². The van der Waals surface area contributed by atoms with E-state index in [1.165, 1.54) is 24.0 Å². The molecule has 1 aromatic carbocycles. The Morgan fingerprint density at radius 3 is 1.54 bits per heavy atom. The Morgan fingerprint density at radius 2 is 1.15 bits per heavy atom. The van der Waals surface area contributed by atoms with E-state index in [-0.39, 0.29) is 0 Å². The van der Waals surface area contributed by atoms with Gasteiger partial charge in [0.05, 0.1) is 0 Å². The molecule has 0 fully saturated rings. The van der Waals surface area contributed by atoms with Crippen molar-refractivity contribution in [3.63, 3.8) is 0 Å².